The Labute approximate surface area is 151 Å². The van der Waals surface area contributed by atoms with Crippen molar-refractivity contribution < 1.29 is 0 Å². The summed E-state index contributed by atoms with van der Waals surface area (Å²) in [6.07, 6.45) is 5.28. The lowest BCUT2D eigenvalue weighted by Crippen LogP contribution is -1.47. The summed E-state index contributed by atoms with van der Waals surface area (Å²) in [6.45, 7) is 32.7. The van der Waals surface area contributed by atoms with E-state index in [1.165, 1.54) is 25.7 Å². The molecule has 0 aliphatic carbocycles. The average molecular weight is 329 g/mol. The first-order valence-electron chi connectivity index (χ1n) is 9.83. The summed E-state index contributed by atoms with van der Waals surface area (Å²) in [7, 11) is 0. The van der Waals surface area contributed by atoms with E-state index in [2.05, 4.69) is 27.7 Å². The summed E-state index contributed by atoms with van der Waals surface area (Å²) in [6, 6.07) is 0. The van der Waals surface area contributed by atoms with Crippen LogP contribution in [0.2, 0.25) is 0 Å². The van der Waals surface area contributed by atoms with E-state index < -0.39 is 0 Å². The maximum Gasteiger partial charge on any atom is -0.0564 e. The second-order valence-electron chi connectivity index (χ2n) is 2.00. The minimum atomic E-state index is 0. The minimum absolute atomic E-state index is 0. The van der Waals surface area contributed by atoms with Crippen LogP contribution in [0.15, 0.2) is 0 Å². The first-order chi connectivity index (χ1) is 9.83. The topological polar surface area (TPSA) is 0 Å². The van der Waals surface area contributed by atoms with E-state index in [0.29, 0.717) is 0 Å². The Morgan fingerprint density at radius 1 is 0.273 bits per heavy atom. The molecule has 0 aliphatic rings. The first kappa shape index (κ1) is 67.4. The van der Waals surface area contributed by atoms with E-state index in [1.807, 2.05) is 83.1 Å². The van der Waals surface area contributed by atoms with Crippen molar-refractivity contribution in [3.63, 3.8) is 0 Å². The van der Waals surface area contributed by atoms with Crippen LogP contribution in [0, 0.1) is 0 Å². The fourth-order valence-electron chi connectivity index (χ4n) is 0. The molecule has 0 bridgehead atoms. The highest BCUT2D eigenvalue weighted by molar-refractivity contribution is 4.13. The van der Waals surface area contributed by atoms with Crippen molar-refractivity contribution in [3.05, 3.63) is 0 Å². The molecule has 0 aliphatic heterocycles. The third-order valence-electron chi connectivity index (χ3n) is 1.000. The normalized spacial score (nSPS) is 4.36. The smallest absolute Gasteiger partial charge is 0.0564 e. The maximum absolute atomic E-state index is 2.18. The summed E-state index contributed by atoms with van der Waals surface area (Å²) < 4.78 is 0. The van der Waals surface area contributed by atoms with Crippen LogP contribution in [0.3, 0.4) is 0 Å². The number of hydrogen-bond donors (Lipinski definition) is 0. The largest absolute Gasteiger partial charge is 0.0776 e. The van der Waals surface area contributed by atoms with Crippen LogP contribution < -0.4 is 0 Å². The van der Waals surface area contributed by atoms with Gasteiger partial charge in [-0.25, -0.2) is 0 Å². The van der Waals surface area contributed by atoms with Crippen molar-refractivity contribution in [3.8, 4) is 0 Å². The highest BCUT2D eigenvalue weighted by Gasteiger charge is 1.56. The van der Waals surface area contributed by atoms with Gasteiger partial charge in [-0.05, 0) is 0 Å². The molecule has 0 radical (unpaired) electrons. The molecule has 0 amide bonds. The summed E-state index contributed by atoms with van der Waals surface area (Å²) in [4.78, 5) is 0. The van der Waals surface area contributed by atoms with Crippen LogP contribution in [0.4, 0.5) is 0 Å². The van der Waals surface area contributed by atoms with Crippen molar-refractivity contribution in [1.29, 1.82) is 0 Å². The second kappa shape index (κ2) is 525. The molecule has 0 saturated carbocycles. The monoisotopic (exact) mass is 329 g/mol. The molecule has 0 heteroatoms. The van der Waals surface area contributed by atoms with E-state index in [4.69, 9.17) is 0 Å². The van der Waals surface area contributed by atoms with Gasteiger partial charge in [0.25, 0.3) is 0 Å². The summed E-state index contributed by atoms with van der Waals surface area (Å²) in [5.74, 6) is 0. The van der Waals surface area contributed by atoms with Crippen molar-refractivity contribution in [1.82, 2.24) is 0 Å². The molecule has 0 nitrogen and oxygen atoms in total. The second-order valence-corrected chi connectivity index (χ2v) is 2.00. The Morgan fingerprint density at radius 3 is 0.318 bits per heavy atom. The van der Waals surface area contributed by atoms with Crippen LogP contribution in [0.5, 0.6) is 0 Å². The van der Waals surface area contributed by atoms with Gasteiger partial charge in [0.2, 0.25) is 0 Å². The van der Waals surface area contributed by atoms with Crippen molar-refractivity contribution >= 4 is 0 Å². The van der Waals surface area contributed by atoms with Crippen molar-refractivity contribution in [2.24, 2.45) is 0 Å². The van der Waals surface area contributed by atoms with Crippen molar-refractivity contribution in [2.75, 3.05) is 0 Å². The molecule has 0 atom stereocenters. The third-order valence-corrected chi connectivity index (χ3v) is 1.000. The van der Waals surface area contributed by atoms with Gasteiger partial charge in [-0.1, -0.05) is 151 Å². The van der Waals surface area contributed by atoms with Crippen LogP contribution in [0.25, 0.3) is 0 Å². The molecule has 0 aromatic rings. The van der Waals surface area contributed by atoms with Gasteiger partial charge in [-0.3, -0.25) is 0 Å². The van der Waals surface area contributed by atoms with Gasteiger partial charge in [0.1, 0.15) is 0 Å². The summed E-state index contributed by atoms with van der Waals surface area (Å²) in [5, 5.41) is 0. The Bertz CT molecular complexity index is 8.00. The van der Waals surface area contributed by atoms with Crippen LogP contribution in [-0.4, -0.2) is 0 Å². The first-order valence-corrected chi connectivity index (χ1v) is 9.83. The summed E-state index contributed by atoms with van der Waals surface area (Å²) in [5.41, 5.74) is 0. The number of hydrogen-bond acceptors (Lipinski definition) is 0. The van der Waals surface area contributed by atoms with E-state index in [1.54, 1.807) is 0 Å². The van der Waals surface area contributed by atoms with Crippen LogP contribution >= 0.6 is 0 Å². The zero-order valence-electron chi connectivity index (χ0n) is 18.8. The molecule has 0 saturated heterocycles. The lowest BCUT2D eigenvalue weighted by atomic mass is 10.4. The zero-order chi connectivity index (χ0) is 18.8. The van der Waals surface area contributed by atoms with Crippen LogP contribution in [-0.2, 0) is 0 Å². The average Bonchev–Trinajstić information content (AvgIpc) is 2.65. The van der Waals surface area contributed by atoms with Crippen molar-refractivity contribution in [2.45, 2.75) is 151 Å². The van der Waals surface area contributed by atoms with Gasteiger partial charge >= 0.3 is 0 Å². The Balaban J connectivity index is -0.00000000950. The van der Waals surface area contributed by atoms with Gasteiger partial charge in [-0.15, -0.1) is 0 Å². The summed E-state index contributed by atoms with van der Waals surface area (Å²) >= 11 is 0. The lowest BCUT2D eigenvalue weighted by molar-refractivity contribution is 0.886. The van der Waals surface area contributed by atoms with Gasteiger partial charge in [-0.2, -0.15) is 0 Å². The Kier molecular flexibility index (Phi) is 1610. The van der Waals surface area contributed by atoms with Gasteiger partial charge in [0.15, 0.2) is 0 Å². The molecule has 0 heterocycles. The fraction of sp³-hybridized carbons (Fsp3) is 1.00. The highest BCUT2D eigenvalue weighted by Crippen LogP contribution is 1.77. The number of rotatable bonds is 2. The number of unbranched alkanes of at least 4 members (excludes halogenated alkanes) is 2. The quantitative estimate of drug-likeness (QED) is 0.472. The molecule has 0 spiro atoms. The zero-order valence-corrected chi connectivity index (χ0v) is 18.8. The molecule has 0 aromatic heterocycles. The molecule has 0 aromatic carbocycles. The van der Waals surface area contributed by atoms with E-state index in [9.17, 15) is 0 Å². The molecule has 152 valence electrons. The highest BCUT2D eigenvalue weighted by atomic mass is 13.6. The van der Waals surface area contributed by atoms with Gasteiger partial charge in [0.05, 0.1) is 0 Å². The molecule has 0 fully saturated rings. The molecular weight excluding hydrogens is 264 g/mol. The fourth-order valence-corrected chi connectivity index (χ4v) is 0. The molecule has 22 heavy (non-hydrogen) atoms. The Hall–Kier alpha value is 0. The molecule has 0 unspecified atom stereocenters. The predicted molar refractivity (Wildman–Crippen MR) is 123 cm³/mol. The molecular formula is C22H64. The van der Waals surface area contributed by atoms with E-state index in [0.717, 1.165) is 0 Å². The lowest BCUT2D eigenvalue weighted by Gasteiger charge is -1.68. The predicted octanol–water partition coefficient (Wildman–Crippen LogP) is 11.0. The van der Waals surface area contributed by atoms with Crippen LogP contribution in [0.1, 0.15) is 151 Å². The SMILES string of the molecule is C.C.CC.CC.CC.CC.CC.CC.CCCC.CCCC. The molecule has 0 N–H and O–H groups in total. The van der Waals surface area contributed by atoms with E-state index in [-0.39, 0.29) is 14.9 Å². The van der Waals surface area contributed by atoms with E-state index >= 15 is 0 Å². The Morgan fingerprint density at radius 2 is 0.318 bits per heavy atom. The van der Waals surface area contributed by atoms with Gasteiger partial charge in [0, 0.05) is 0 Å². The third kappa shape index (κ3) is 1800. The maximum atomic E-state index is 2.18. The molecule has 0 rings (SSSR count). The van der Waals surface area contributed by atoms with Gasteiger partial charge < -0.3 is 0 Å². The minimum Gasteiger partial charge on any atom is -0.0776 e. The standard InChI is InChI=1S/2C4H10.6C2H6.2CH4/c2*1-3-4-2;6*1-2;;/h2*3-4H2,1-2H3;6*1-2H3;2*1H4.